The minimum atomic E-state index is 0.0944. The van der Waals surface area contributed by atoms with Crippen LogP contribution >= 0.6 is 0 Å². The lowest BCUT2D eigenvalue weighted by molar-refractivity contribution is -0.123. The molecule has 0 saturated heterocycles. The highest BCUT2D eigenvalue weighted by Gasteiger charge is 2.03. The quantitative estimate of drug-likeness (QED) is 0.0679. The molecule has 0 heterocycles. The summed E-state index contributed by atoms with van der Waals surface area (Å²) in [6, 6.07) is 0. The highest BCUT2D eigenvalue weighted by atomic mass is 16.2. The Bertz CT molecular complexity index is 663. The number of nitrogens with one attached hydrogen (secondary N) is 2. The van der Waals surface area contributed by atoms with Gasteiger partial charge in [0.15, 0.2) is 0 Å². The molecule has 0 aliphatic rings. The SMILES string of the molecule is CCCCCCCCC#CCCCCCCCC(=O)NCCNC(=O)CCCCCCCC#CCCCCCCCC. The van der Waals surface area contributed by atoms with Crippen LogP contribution in [0.3, 0.4) is 0 Å². The molecule has 4 nitrogen and oxygen atoms in total. The molecule has 4 heteroatoms. The Balaban J connectivity index is 3.37. The normalized spacial score (nSPS) is 10.4. The fourth-order valence-electron chi connectivity index (χ4n) is 4.98. The van der Waals surface area contributed by atoms with Gasteiger partial charge in [-0.3, -0.25) is 9.59 Å². The van der Waals surface area contributed by atoms with Crippen LogP contribution in [0.4, 0.5) is 0 Å². The summed E-state index contributed by atoms with van der Waals surface area (Å²) in [7, 11) is 0. The third-order valence-electron chi connectivity index (χ3n) is 7.74. The number of carbonyl (C=O) groups is 2. The molecule has 2 N–H and O–H groups in total. The Morgan fingerprint density at radius 1 is 0.381 bits per heavy atom. The van der Waals surface area contributed by atoms with Crippen LogP contribution in [0, 0.1) is 23.7 Å². The minimum Gasteiger partial charge on any atom is -0.354 e. The molecule has 0 spiro atoms. The standard InChI is InChI=1S/C38H68N2O2/c1-3-5-7-9-11-13-15-17-19-21-23-25-27-29-31-33-37(41)39-35-36-40-38(42)34-32-30-28-26-24-22-20-18-16-14-12-10-8-6-4-2/h3-16,21-36H2,1-2H3,(H,39,41)(H,40,42). The first-order chi connectivity index (χ1) is 20.7. The van der Waals surface area contributed by atoms with Gasteiger partial charge in [-0.15, -0.1) is 23.7 Å². The van der Waals surface area contributed by atoms with E-state index in [1.165, 1.54) is 116 Å². The maximum Gasteiger partial charge on any atom is 0.220 e. The lowest BCUT2D eigenvalue weighted by Crippen LogP contribution is -2.34. The van der Waals surface area contributed by atoms with Crippen molar-refractivity contribution in [1.82, 2.24) is 10.6 Å². The third-order valence-corrected chi connectivity index (χ3v) is 7.74. The van der Waals surface area contributed by atoms with E-state index in [-0.39, 0.29) is 11.8 Å². The van der Waals surface area contributed by atoms with Gasteiger partial charge in [0.25, 0.3) is 0 Å². The van der Waals surface area contributed by atoms with Crippen LogP contribution in [0.15, 0.2) is 0 Å². The van der Waals surface area contributed by atoms with Gasteiger partial charge in [0, 0.05) is 51.6 Å². The smallest absolute Gasteiger partial charge is 0.220 e. The van der Waals surface area contributed by atoms with Gasteiger partial charge in [-0.1, -0.05) is 117 Å². The van der Waals surface area contributed by atoms with E-state index >= 15 is 0 Å². The molecule has 0 saturated carbocycles. The molecule has 0 aliphatic carbocycles. The summed E-state index contributed by atoms with van der Waals surface area (Å²) < 4.78 is 0. The van der Waals surface area contributed by atoms with E-state index in [2.05, 4.69) is 48.2 Å². The monoisotopic (exact) mass is 585 g/mol. The lowest BCUT2D eigenvalue weighted by atomic mass is 10.1. The number of amides is 2. The molecule has 0 aromatic heterocycles. The van der Waals surface area contributed by atoms with Gasteiger partial charge in [0.2, 0.25) is 11.8 Å². The molecule has 0 atom stereocenters. The largest absolute Gasteiger partial charge is 0.354 e. The van der Waals surface area contributed by atoms with Gasteiger partial charge in [-0.25, -0.2) is 0 Å². The zero-order valence-electron chi connectivity index (χ0n) is 28.0. The van der Waals surface area contributed by atoms with Crippen LogP contribution in [0.1, 0.15) is 194 Å². The Labute approximate surface area is 262 Å². The van der Waals surface area contributed by atoms with Gasteiger partial charge in [0.05, 0.1) is 0 Å². The Morgan fingerprint density at radius 2 is 0.643 bits per heavy atom. The van der Waals surface area contributed by atoms with Crippen molar-refractivity contribution in [3.63, 3.8) is 0 Å². The number of rotatable bonds is 29. The molecular formula is C38H68N2O2. The van der Waals surface area contributed by atoms with E-state index in [0.29, 0.717) is 25.9 Å². The van der Waals surface area contributed by atoms with E-state index in [0.717, 1.165) is 51.4 Å². The van der Waals surface area contributed by atoms with E-state index in [4.69, 9.17) is 0 Å². The molecule has 242 valence electrons. The molecule has 0 unspecified atom stereocenters. The van der Waals surface area contributed by atoms with Gasteiger partial charge in [-0.05, 0) is 38.5 Å². The second-order valence-electron chi connectivity index (χ2n) is 12.0. The molecule has 42 heavy (non-hydrogen) atoms. The van der Waals surface area contributed by atoms with Crippen molar-refractivity contribution < 1.29 is 9.59 Å². The summed E-state index contributed by atoms with van der Waals surface area (Å²) in [5.41, 5.74) is 0. The summed E-state index contributed by atoms with van der Waals surface area (Å²) in [5, 5.41) is 5.85. The first-order valence-corrected chi connectivity index (χ1v) is 18.2. The second-order valence-corrected chi connectivity index (χ2v) is 12.0. The maximum atomic E-state index is 12.0. The fourth-order valence-corrected chi connectivity index (χ4v) is 4.98. The van der Waals surface area contributed by atoms with Crippen molar-refractivity contribution >= 4 is 11.8 Å². The van der Waals surface area contributed by atoms with Crippen molar-refractivity contribution in [2.45, 2.75) is 194 Å². The van der Waals surface area contributed by atoms with Crippen LogP contribution in [0.2, 0.25) is 0 Å². The summed E-state index contributed by atoms with van der Waals surface area (Å²) in [6.07, 6.45) is 32.5. The Hall–Kier alpha value is -1.94. The maximum absolute atomic E-state index is 12.0. The molecule has 0 radical (unpaired) electrons. The predicted octanol–water partition coefficient (Wildman–Crippen LogP) is 10.2. The summed E-state index contributed by atoms with van der Waals surface area (Å²) in [6.45, 7) is 5.55. The van der Waals surface area contributed by atoms with E-state index in [1.807, 2.05) is 0 Å². The summed E-state index contributed by atoms with van der Waals surface area (Å²) in [5.74, 6) is 13.5. The summed E-state index contributed by atoms with van der Waals surface area (Å²) >= 11 is 0. The van der Waals surface area contributed by atoms with Gasteiger partial charge < -0.3 is 10.6 Å². The van der Waals surface area contributed by atoms with Crippen LogP contribution < -0.4 is 10.6 Å². The molecule has 0 bridgehead atoms. The molecule has 0 aliphatic heterocycles. The van der Waals surface area contributed by atoms with Crippen molar-refractivity contribution in [2.75, 3.05) is 13.1 Å². The van der Waals surface area contributed by atoms with Crippen LogP contribution in [-0.4, -0.2) is 24.9 Å². The lowest BCUT2D eigenvalue weighted by Gasteiger charge is -2.07. The second kappa shape index (κ2) is 35.3. The van der Waals surface area contributed by atoms with Gasteiger partial charge >= 0.3 is 0 Å². The van der Waals surface area contributed by atoms with Crippen LogP contribution in [0.25, 0.3) is 0 Å². The molecular weight excluding hydrogens is 516 g/mol. The van der Waals surface area contributed by atoms with Crippen LogP contribution in [-0.2, 0) is 9.59 Å². The molecule has 0 aromatic carbocycles. The average molecular weight is 585 g/mol. The highest BCUT2D eigenvalue weighted by molar-refractivity contribution is 5.77. The molecule has 0 aromatic rings. The first-order valence-electron chi connectivity index (χ1n) is 18.2. The van der Waals surface area contributed by atoms with Crippen LogP contribution in [0.5, 0.6) is 0 Å². The molecule has 2 amide bonds. The Kier molecular flexibility index (Phi) is 33.6. The van der Waals surface area contributed by atoms with Gasteiger partial charge in [0.1, 0.15) is 0 Å². The fraction of sp³-hybridized carbons (Fsp3) is 0.842. The van der Waals surface area contributed by atoms with Crippen molar-refractivity contribution in [2.24, 2.45) is 0 Å². The predicted molar refractivity (Wildman–Crippen MR) is 182 cm³/mol. The van der Waals surface area contributed by atoms with E-state index < -0.39 is 0 Å². The van der Waals surface area contributed by atoms with E-state index in [9.17, 15) is 9.59 Å². The van der Waals surface area contributed by atoms with Crippen molar-refractivity contribution in [1.29, 1.82) is 0 Å². The van der Waals surface area contributed by atoms with E-state index in [1.54, 1.807) is 0 Å². The third kappa shape index (κ3) is 34.3. The molecule has 0 fully saturated rings. The highest BCUT2D eigenvalue weighted by Crippen LogP contribution is 2.10. The average Bonchev–Trinajstić information content (AvgIpc) is 2.99. The molecule has 0 rings (SSSR count). The number of hydrogen-bond acceptors (Lipinski definition) is 2. The van der Waals surface area contributed by atoms with Crippen molar-refractivity contribution in [3.05, 3.63) is 0 Å². The van der Waals surface area contributed by atoms with Crippen molar-refractivity contribution in [3.8, 4) is 23.7 Å². The number of carbonyl (C=O) groups excluding carboxylic acids is 2. The Morgan fingerprint density at radius 3 is 0.952 bits per heavy atom. The minimum absolute atomic E-state index is 0.0944. The number of hydrogen-bond donors (Lipinski definition) is 2. The number of unbranched alkanes of at least 4 members (excludes halogenated alkanes) is 22. The zero-order valence-corrected chi connectivity index (χ0v) is 28.0. The summed E-state index contributed by atoms with van der Waals surface area (Å²) in [4.78, 5) is 24.0. The topological polar surface area (TPSA) is 58.2 Å². The first kappa shape index (κ1) is 40.1. The van der Waals surface area contributed by atoms with Gasteiger partial charge in [-0.2, -0.15) is 0 Å². The zero-order chi connectivity index (χ0) is 30.6.